The molecule has 1 fully saturated rings. The SMILES string of the molecule is Cc1cc(NC(=O)c2cn(-c3cc(N4CCSCC4)ncn3)cn2)ccc1F. The Morgan fingerprint density at radius 3 is 2.71 bits per heavy atom. The highest BCUT2D eigenvalue weighted by molar-refractivity contribution is 7.99. The summed E-state index contributed by atoms with van der Waals surface area (Å²) in [5.74, 6) is 3.00. The molecule has 1 amide bonds. The Bertz CT molecular complexity index is 1000. The molecule has 1 aromatic carbocycles. The Hall–Kier alpha value is -2.94. The van der Waals surface area contributed by atoms with Gasteiger partial charge in [0.2, 0.25) is 0 Å². The predicted molar refractivity (Wildman–Crippen MR) is 108 cm³/mol. The molecule has 0 aliphatic carbocycles. The van der Waals surface area contributed by atoms with Gasteiger partial charge in [-0.15, -0.1) is 0 Å². The Balaban J connectivity index is 1.50. The fourth-order valence-corrected chi connectivity index (χ4v) is 3.83. The van der Waals surface area contributed by atoms with Crippen LogP contribution in [0.4, 0.5) is 15.9 Å². The van der Waals surface area contributed by atoms with Crippen LogP contribution in [0.5, 0.6) is 0 Å². The van der Waals surface area contributed by atoms with Crippen LogP contribution in [0.15, 0.2) is 43.1 Å². The van der Waals surface area contributed by atoms with Crippen LogP contribution in [0.3, 0.4) is 0 Å². The lowest BCUT2D eigenvalue weighted by atomic mass is 10.2. The molecule has 4 rings (SSSR count). The largest absolute Gasteiger partial charge is 0.355 e. The van der Waals surface area contributed by atoms with E-state index in [0.717, 1.165) is 30.4 Å². The van der Waals surface area contributed by atoms with Gasteiger partial charge in [0.15, 0.2) is 0 Å². The van der Waals surface area contributed by atoms with Crippen LogP contribution < -0.4 is 10.2 Å². The molecule has 1 N–H and O–H groups in total. The van der Waals surface area contributed by atoms with Gasteiger partial charge in [0.05, 0.1) is 0 Å². The summed E-state index contributed by atoms with van der Waals surface area (Å²) in [6, 6.07) is 6.32. The Kier molecular flexibility index (Phi) is 5.25. The van der Waals surface area contributed by atoms with E-state index in [-0.39, 0.29) is 17.4 Å². The maximum atomic E-state index is 13.4. The molecule has 1 saturated heterocycles. The van der Waals surface area contributed by atoms with Crippen molar-refractivity contribution >= 4 is 29.2 Å². The molecule has 0 saturated carbocycles. The third kappa shape index (κ3) is 3.99. The number of amides is 1. The molecule has 1 aliphatic heterocycles. The summed E-state index contributed by atoms with van der Waals surface area (Å²) in [6.45, 7) is 3.55. The first-order chi connectivity index (χ1) is 13.6. The lowest BCUT2D eigenvalue weighted by Crippen LogP contribution is -2.33. The highest BCUT2D eigenvalue weighted by Crippen LogP contribution is 2.19. The van der Waals surface area contributed by atoms with Gasteiger partial charge < -0.3 is 10.2 Å². The van der Waals surface area contributed by atoms with Gasteiger partial charge in [0.1, 0.15) is 35.8 Å². The highest BCUT2D eigenvalue weighted by atomic mass is 32.2. The van der Waals surface area contributed by atoms with Crippen LogP contribution >= 0.6 is 11.8 Å². The molecular formula is C19H19FN6OS. The number of hydrogen-bond donors (Lipinski definition) is 1. The number of nitrogens with zero attached hydrogens (tertiary/aromatic N) is 5. The van der Waals surface area contributed by atoms with Crippen molar-refractivity contribution in [1.29, 1.82) is 0 Å². The van der Waals surface area contributed by atoms with E-state index in [0.29, 0.717) is 17.1 Å². The quantitative estimate of drug-likeness (QED) is 0.728. The van der Waals surface area contributed by atoms with Crippen LogP contribution in [-0.2, 0) is 0 Å². The van der Waals surface area contributed by atoms with Gasteiger partial charge in [-0.3, -0.25) is 9.36 Å². The first-order valence-corrected chi connectivity index (χ1v) is 10.0. The van der Waals surface area contributed by atoms with Crippen LogP contribution in [-0.4, -0.2) is 50.0 Å². The van der Waals surface area contributed by atoms with Crippen molar-refractivity contribution in [3.63, 3.8) is 0 Å². The number of thioether (sulfide) groups is 1. The number of rotatable bonds is 4. The number of halogens is 1. The van der Waals surface area contributed by atoms with E-state index in [1.54, 1.807) is 30.1 Å². The summed E-state index contributed by atoms with van der Waals surface area (Å²) in [5.41, 5.74) is 1.23. The van der Waals surface area contributed by atoms with E-state index in [9.17, 15) is 9.18 Å². The smallest absolute Gasteiger partial charge is 0.275 e. The molecule has 0 radical (unpaired) electrons. The Morgan fingerprint density at radius 2 is 1.93 bits per heavy atom. The Labute approximate surface area is 166 Å². The fourth-order valence-electron chi connectivity index (χ4n) is 2.93. The van der Waals surface area contributed by atoms with Gasteiger partial charge in [0.25, 0.3) is 5.91 Å². The second-order valence-electron chi connectivity index (χ2n) is 6.42. The van der Waals surface area contributed by atoms with Crippen molar-refractivity contribution < 1.29 is 9.18 Å². The van der Waals surface area contributed by atoms with Crippen molar-refractivity contribution in [1.82, 2.24) is 19.5 Å². The fraction of sp³-hybridized carbons (Fsp3) is 0.263. The minimum Gasteiger partial charge on any atom is -0.355 e. The van der Waals surface area contributed by atoms with E-state index >= 15 is 0 Å². The van der Waals surface area contributed by atoms with Gasteiger partial charge in [-0.05, 0) is 30.7 Å². The molecule has 9 heteroatoms. The second-order valence-corrected chi connectivity index (χ2v) is 7.64. The van der Waals surface area contributed by atoms with Crippen molar-refractivity contribution in [3.8, 4) is 5.82 Å². The highest BCUT2D eigenvalue weighted by Gasteiger charge is 2.15. The molecule has 7 nitrogen and oxygen atoms in total. The minimum absolute atomic E-state index is 0.247. The number of nitrogens with one attached hydrogen (secondary N) is 1. The van der Waals surface area contributed by atoms with Crippen LogP contribution in [0.1, 0.15) is 16.1 Å². The normalized spacial score (nSPS) is 14.1. The van der Waals surface area contributed by atoms with Crippen LogP contribution in [0.2, 0.25) is 0 Å². The molecular weight excluding hydrogens is 379 g/mol. The lowest BCUT2D eigenvalue weighted by Gasteiger charge is -2.27. The zero-order valence-corrected chi connectivity index (χ0v) is 16.1. The number of hydrogen-bond acceptors (Lipinski definition) is 6. The topological polar surface area (TPSA) is 75.9 Å². The maximum absolute atomic E-state index is 13.4. The molecule has 0 unspecified atom stereocenters. The molecule has 3 heterocycles. The average molecular weight is 398 g/mol. The molecule has 2 aromatic heterocycles. The molecule has 0 bridgehead atoms. The summed E-state index contributed by atoms with van der Waals surface area (Å²) in [6.07, 6.45) is 4.68. The molecule has 0 spiro atoms. The summed E-state index contributed by atoms with van der Waals surface area (Å²) in [7, 11) is 0. The maximum Gasteiger partial charge on any atom is 0.275 e. The first kappa shape index (κ1) is 18.4. The number of carbonyl (C=O) groups is 1. The predicted octanol–water partition coefficient (Wildman–Crippen LogP) is 2.92. The summed E-state index contributed by atoms with van der Waals surface area (Å²) >= 11 is 1.94. The second kappa shape index (κ2) is 7.97. The molecule has 1 aliphatic rings. The van der Waals surface area contributed by atoms with E-state index in [1.807, 2.05) is 17.8 Å². The molecule has 144 valence electrons. The van der Waals surface area contributed by atoms with Gasteiger partial charge in [0, 0.05) is 42.5 Å². The van der Waals surface area contributed by atoms with Crippen LogP contribution in [0, 0.1) is 12.7 Å². The number of anilines is 2. The monoisotopic (exact) mass is 398 g/mol. The number of aryl methyl sites for hydroxylation is 1. The summed E-state index contributed by atoms with van der Waals surface area (Å²) in [4.78, 5) is 27.5. The van der Waals surface area contributed by atoms with Crippen LogP contribution in [0.25, 0.3) is 5.82 Å². The molecule has 0 atom stereocenters. The van der Waals surface area contributed by atoms with E-state index in [4.69, 9.17) is 0 Å². The molecule has 28 heavy (non-hydrogen) atoms. The number of imidazole rings is 1. The minimum atomic E-state index is -0.368. The van der Waals surface area contributed by atoms with E-state index in [1.165, 1.54) is 18.5 Å². The molecule has 3 aromatic rings. The van der Waals surface area contributed by atoms with Crippen molar-refractivity contribution in [3.05, 3.63) is 60.2 Å². The third-order valence-electron chi connectivity index (χ3n) is 4.47. The standard InChI is InChI=1S/C19H19FN6OS/c1-13-8-14(2-3-15(13)20)24-19(27)16-10-26(12-23-16)18-9-17(21-11-22-18)25-4-6-28-7-5-25/h2-3,8-12H,4-7H2,1H3,(H,24,27). The van der Waals surface area contributed by atoms with Gasteiger partial charge in [-0.2, -0.15) is 11.8 Å². The van der Waals surface area contributed by atoms with Gasteiger partial charge in [-0.25, -0.2) is 19.3 Å². The number of carbonyl (C=O) groups excluding carboxylic acids is 1. The van der Waals surface area contributed by atoms with Gasteiger partial charge >= 0.3 is 0 Å². The number of benzene rings is 1. The van der Waals surface area contributed by atoms with Crippen molar-refractivity contribution in [2.24, 2.45) is 0 Å². The van der Waals surface area contributed by atoms with Gasteiger partial charge in [-0.1, -0.05) is 0 Å². The van der Waals surface area contributed by atoms with Crippen molar-refractivity contribution in [2.75, 3.05) is 34.8 Å². The summed E-state index contributed by atoms with van der Waals surface area (Å²) in [5, 5.41) is 2.73. The third-order valence-corrected chi connectivity index (χ3v) is 5.41. The van der Waals surface area contributed by atoms with E-state index in [2.05, 4.69) is 25.2 Å². The van der Waals surface area contributed by atoms with E-state index < -0.39 is 0 Å². The number of aromatic nitrogens is 4. The summed E-state index contributed by atoms with van der Waals surface area (Å²) < 4.78 is 15.1. The first-order valence-electron chi connectivity index (χ1n) is 8.87. The lowest BCUT2D eigenvalue weighted by molar-refractivity contribution is 0.102. The zero-order chi connectivity index (χ0) is 19.5. The van der Waals surface area contributed by atoms with Crippen molar-refractivity contribution in [2.45, 2.75) is 6.92 Å². The zero-order valence-electron chi connectivity index (χ0n) is 15.3. The average Bonchev–Trinajstić information content (AvgIpc) is 3.22. The Morgan fingerprint density at radius 1 is 1.14 bits per heavy atom.